The molecule has 2 aromatic carbocycles. The largest absolute Gasteiger partial charge is 0.486 e. The normalized spacial score (nSPS) is 10.4. The molecule has 0 saturated carbocycles. The van der Waals surface area contributed by atoms with Crippen LogP contribution in [0.2, 0.25) is 0 Å². The molecular formula is C19H14FNO4S. The molecule has 1 aromatic heterocycles. The third kappa shape index (κ3) is 4.52. The van der Waals surface area contributed by atoms with Crippen LogP contribution in [0.5, 0.6) is 11.5 Å². The molecular weight excluding hydrogens is 357 g/mol. The van der Waals surface area contributed by atoms with E-state index in [9.17, 15) is 14.0 Å². The van der Waals surface area contributed by atoms with Crippen LogP contribution >= 0.6 is 11.3 Å². The lowest BCUT2D eigenvalue weighted by Gasteiger charge is -2.04. The number of hydrogen-bond donors (Lipinski definition) is 0. The highest BCUT2D eigenvalue weighted by atomic mass is 32.1. The van der Waals surface area contributed by atoms with Gasteiger partial charge in [0.05, 0.1) is 0 Å². The van der Waals surface area contributed by atoms with Crippen molar-refractivity contribution < 1.29 is 23.5 Å². The Morgan fingerprint density at radius 1 is 1.04 bits per heavy atom. The van der Waals surface area contributed by atoms with Crippen LogP contribution in [0, 0.1) is 5.82 Å². The van der Waals surface area contributed by atoms with Gasteiger partial charge in [0, 0.05) is 10.9 Å². The van der Waals surface area contributed by atoms with E-state index >= 15 is 0 Å². The second-order valence-corrected chi connectivity index (χ2v) is 6.28. The lowest BCUT2D eigenvalue weighted by atomic mass is 10.1. The molecule has 0 unspecified atom stereocenters. The standard InChI is InChI=1S/C19H14FNO4S/c1-12(22)13-2-6-16(7-3-13)25-19(23)17-11-26-18(21-17)10-24-15-8-4-14(20)5-9-15/h2-9,11H,10H2,1H3. The summed E-state index contributed by atoms with van der Waals surface area (Å²) in [5, 5.41) is 2.17. The van der Waals surface area contributed by atoms with Crippen molar-refractivity contribution in [3.8, 4) is 11.5 Å². The first-order chi connectivity index (χ1) is 12.5. The molecule has 0 aliphatic carbocycles. The number of carbonyl (C=O) groups excluding carboxylic acids is 2. The van der Waals surface area contributed by atoms with Crippen LogP contribution in [-0.2, 0) is 6.61 Å². The fraction of sp³-hybridized carbons (Fsp3) is 0.105. The Morgan fingerprint density at radius 2 is 1.69 bits per heavy atom. The Bertz CT molecular complexity index is 919. The number of rotatable bonds is 6. The van der Waals surface area contributed by atoms with E-state index in [4.69, 9.17) is 9.47 Å². The van der Waals surface area contributed by atoms with Gasteiger partial charge in [-0.2, -0.15) is 0 Å². The first-order valence-electron chi connectivity index (χ1n) is 7.67. The van der Waals surface area contributed by atoms with Crippen molar-refractivity contribution in [2.75, 3.05) is 0 Å². The smallest absolute Gasteiger partial charge is 0.363 e. The van der Waals surface area contributed by atoms with Gasteiger partial charge in [-0.05, 0) is 55.5 Å². The molecule has 0 aliphatic heterocycles. The number of hydrogen-bond acceptors (Lipinski definition) is 6. The van der Waals surface area contributed by atoms with Crippen molar-refractivity contribution >= 4 is 23.1 Å². The Kier molecular flexibility index (Phi) is 5.38. The van der Waals surface area contributed by atoms with Crippen LogP contribution in [0.4, 0.5) is 4.39 Å². The van der Waals surface area contributed by atoms with Crippen LogP contribution in [-0.4, -0.2) is 16.7 Å². The number of halogens is 1. The van der Waals surface area contributed by atoms with Crippen molar-refractivity contribution in [1.29, 1.82) is 0 Å². The minimum Gasteiger partial charge on any atom is -0.486 e. The molecule has 0 atom stereocenters. The van der Waals surface area contributed by atoms with E-state index < -0.39 is 5.97 Å². The van der Waals surface area contributed by atoms with E-state index in [1.807, 2.05) is 0 Å². The molecule has 0 N–H and O–H groups in total. The summed E-state index contributed by atoms with van der Waals surface area (Å²) in [5.41, 5.74) is 0.710. The SMILES string of the molecule is CC(=O)c1ccc(OC(=O)c2csc(COc3ccc(F)cc3)n2)cc1. The van der Waals surface area contributed by atoms with Crippen LogP contribution in [0.1, 0.15) is 32.8 Å². The third-order valence-electron chi connectivity index (χ3n) is 3.41. The van der Waals surface area contributed by atoms with E-state index in [0.717, 1.165) is 0 Å². The molecule has 3 aromatic rings. The maximum atomic E-state index is 12.8. The topological polar surface area (TPSA) is 65.5 Å². The Balaban J connectivity index is 1.58. The number of nitrogens with zero attached hydrogens (tertiary/aromatic N) is 1. The molecule has 0 bridgehead atoms. The molecule has 1 heterocycles. The van der Waals surface area contributed by atoms with Crippen molar-refractivity contribution in [3.63, 3.8) is 0 Å². The summed E-state index contributed by atoms with van der Waals surface area (Å²) in [6, 6.07) is 11.9. The highest BCUT2D eigenvalue weighted by Crippen LogP contribution is 2.18. The van der Waals surface area contributed by atoms with Crippen LogP contribution in [0.15, 0.2) is 53.9 Å². The summed E-state index contributed by atoms with van der Waals surface area (Å²) >= 11 is 1.26. The monoisotopic (exact) mass is 371 g/mol. The van der Waals surface area contributed by atoms with Gasteiger partial charge in [-0.3, -0.25) is 4.79 Å². The molecule has 0 saturated heterocycles. The number of ether oxygens (including phenoxy) is 2. The third-order valence-corrected chi connectivity index (χ3v) is 4.23. The lowest BCUT2D eigenvalue weighted by molar-refractivity contribution is 0.0729. The Labute approximate surface area is 153 Å². The van der Waals surface area contributed by atoms with E-state index in [2.05, 4.69) is 4.98 Å². The highest BCUT2D eigenvalue weighted by Gasteiger charge is 2.14. The first-order valence-corrected chi connectivity index (χ1v) is 8.55. The lowest BCUT2D eigenvalue weighted by Crippen LogP contribution is -2.09. The van der Waals surface area contributed by atoms with Crippen molar-refractivity contribution in [3.05, 3.63) is 76.0 Å². The van der Waals surface area contributed by atoms with E-state index in [-0.39, 0.29) is 23.9 Å². The van der Waals surface area contributed by atoms with Crippen LogP contribution < -0.4 is 9.47 Å². The Morgan fingerprint density at radius 3 is 2.35 bits per heavy atom. The van der Waals surface area contributed by atoms with Crippen LogP contribution in [0.3, 0.4) is 0 Å². The fourth-order valence-corrected chi connectivity index (χ4v) is 2.74. The highest BCUT2D eigenvalue weighted by molar-refractivity contribution is 7.09. The summed E-state index contributed by atoms with van der Waals surface area (Å²) < 4.78 is 23.6. The number of Topliss-reactive ketones (excluding diaryl/α,β-unsaturated/α-hetero) is 1. The van der Waals surface area contributed by atoms with Crippen molar-refractivity contribution in [1.82, 2.24) is 4.98 Å². The average Bonchev–Trinajstić information content (AvgIpc) is 3.11. The second-order valence-electron chi connectivity index (χ2n) is 5.34. The second kappa shape index (κ2) is 7.88. The number of carbonyl (C=O) groups is 2. The van der Waals surface area contributed by atoms with Gasteiger partial charge in [0.2, 0.25) is 0 Å². The van der Waals surface area contributed by atoms with Gasteiger partial charge in [-0.15, -0.1) is 11.3 Å². The maximum absolute atomic E-state index is 12.8. The predicted octanol–water partition coefficient (Wildman–Crippen LogP) is 4.28. The van der Waals surface area contributed by atoms with Gasteiger partial charge in [0.15, 0.2) is 11.5 Å². The number of ketones is 1. The van der Waals surface area contributed by atoms with Crippen molar-refractivity contribution in [2.45, 2.75) is 13.5 Å². The van der Waals surface area contributed by atoms with Gasteiger partial charge in [-0.1, -0.05) is 0 Å². The molecule has 7 heteroatoms. The predicted molar refractivity (Wildman–Crippen MR) is 94.3 cm³/mol. The molecule has 0 aliphatic rings. The van der Waals surface area contributed by atoms with Gasteiger partial charge >= 0.3 is 5.97 Å². The average molecular weight is 371 g/mol. The molecule has 0 amide bonds. The van der Waals surface area contributed by atoms with Crippen LogP contribution in [0.25, 0.3) is 0 Å². The van der Waals surface area contributed by atoms with E-state index in [1.165, 1.54) is 42.5 Å². The molecule has 0 spiro atoms. The summed E-state index contributed by atoms with van der Waals surface area (Å²) in [7, 11) is 0. The minimum atomic E-state index is -0.593. The molecule has 0 radical (unpaired) electrons. The summed E-state index contributed by atoms with van der Waals surface area (Å²) in [6.07, 6.45) is 0. The van der Waals surface area contributed by atoms with Gasteiger partial charge in [0.1, 0.15) is 28.9 Å². The van der Waals surface area contributed by atoms with E-state index in [1.54, 1.807) is 29.6 Å². The van der Waals surface area contributed by atoms with Gasteiger partial charge < -0.3 is 9.47 Å². The number of thiazole rings is 1. The minimum absolute atomic E-state index is 0.0619. The first kappa shape index (κ1) is 17.8. The Hall–Kier alpha value is -3.06. The summed E-state index contributed by atoms with van der Waals surface area (Å²) in [6.45, 7) is 1.63. The zero-order valence-electron chi connectivity index (χ0n) is 13.8. The van der Waals surface area contributed by atoms with E-state index in [0.29, 0.717) is 22.1 Å². The zero-order chi connectivity index (χ0) is 18.5. The molecule has 3 rings (SSSR count). The molecule has 0 fully saturated rings. The quantitative estimate of drug-likeness (QED) is 0.368. The summed E-state index contributed by atoms with van der Waals surface area (Å²) in [4.78, 5) is 27.5. The number of esters is 1. The molecule has 26 heavy (non-hydrogen) atoms. The fourth-order valence-electron chi connectivity index (χ4n) is 2.06. The van der Waals surface area contributed by atoms with Gasteiger partial charge in [-0.25, -0.2) is 14.2 Å². The number of benzene rings is 2. The zero-order valence-corrected chi connectivity index (χ0v) is 14.6. The molecule has 132 valence electrons. The summed E-state index contributed by atoms with van der Waals surface area (Å²) in [5.74, 6) is -0.153. The number of aromatic nitrogens is 1. The molecule has 5 nitrogen and oxygen atoms in total. The van der Waals surface area contributed by atoms with Crippen molar-refractivity contribution in [2.24, 2.45) is 0 Å². The maximum Gasteiger partial charge on any atom is 0.363 e. The van der Waals surface area contributed by atoms with Gasteiger partial charge in [0.25, 0.3) is 0 Å².